The van der Waals surface area contributed by atoms with Crippen molar-refractivity contribution in [3.63, 3.8) is 0 Å². The number of rotatable bonds is 2. The molecule has 2 atom stereocenters. The van der Waals surface area contributed by atoms with Crippen LogP contribution in [0, 0.1) is 5.92 Å². The zero-order valence-corrected chi connectivity index (χ0v) is 8.58. The molecular weight excluding hydrogens is 210 g/mol. The lowest BCUT2D eigenvalue weighted by Gasteiger charge is -2.23. The van der Waals surface area contributed by atoms with E-state index in [-0.39, 0.29) is 11.9 Å². The van der Waals surface area contributed by atoms with Crippen molar-refractivity contribution in [2.75, 3.05) is 11.6 Å². The number of aliphatic carboxylic acids is 1. The highest BCUT2D eigenvalue weighted by Crippen LogP contribution is 2.33. The van der Waals surface area contributed by atoms with E-state index in [0.717, 1.165) is 4.68 Å². The molecule has 7 nitrogen and oxygen atoms in total. The number of aromatic nitrogens is 3. The molecule has 0 saturated heterocycles. The fourth-order valence-electron chi connectivity index (χ4n) is 1.94. The van der Waals surface area contributed by atoms with Gasteiger partial charge >= 0.3 is 5.97 Å². The van der Waals surface area contributed by atoms with Crippen molar-refractivity contribution < 1.29 is 9.90 Å². The van der Waals surface area contributed by atoms with Crippen molar-refractivity contribution in [3.05, 3.63) is 18.0 Å². The molecule has 1 aliphatic rings. The smallest absolute Gasteiger partial charge is 0.307 e. The molecule has 0 saturated carbocycles. The standard InChI is InChI=1S/C9H13N5O2/c10-9-13-12-7(14(9)11)5-3-1-2-4-6(5)8(15)16/h1-2,5-6H,3-4,11H2,(H2,10,13)(H,15,16). The van der Waals surface area contributed by atoms with Gasteiger partial charge in [-0.1, -0.05) is 12.2 Å². The van der Waals surface area contributed by atoms with E-state index in [9.17, 15) is 4.79 Å². The highest BCUT2D eigenvalue weighted by molar-refractivity contribution is 5.71. The fraction of sp³-hybridized carbons (Fsp3) is 0.444. The quantitative estimate of drug-likeness (QED) is 0.468. The van der Waals surface area contributed by atoms with E-state index in [2.05, 4.69) is 10.2 Å². The molecule has 7 heteroatoms. The van der Waals surface area contributed by atoms with Crippen molar-refractivity contribution in [2.24, 2.45) is 5.92 Å². The predicted molar refractivity (Wildman–Crippen MR) is 56.8 cm³/mol. The van der Waals surface area contributed by atoms with E-state index >= 15 is 0 Å². The summed E-state index contributed by atoms with van der Waals surface area (Å²) in [7, 11) is 0. The largest absolute Gasteiger partial charge is 0.481 e. The Balaban J connectivity index is 2.34. The molecule has 0 amide bonds. The topological polar surface area (TPSA) is 120 Å². The predicted octanol–water partition coefficient (Wildman–Crippen LogP) is -0.292. The lowest BCUT2D eigenvalue weighted by atomic mass is 9.82. The van der Waals surface area contributed by atoms with Gasteiger partial charge in [0.05, 0.1) is 5.92 Å². The zero-order chi connectivity index (χ0) is 11.7. The summed E-state index contributed by atoms with van der Waals surface area (Å²) in [6.07, 6.45) is 4.85. The van der Waals surface area contributed by atoms with Crippen molar-refractivity contribution in [2.45, 2.75) is 18.8 Å². The summed E-state index contributed by atoms with van der Waals surface area (Å²) in [5.41, 5.74) is 5.47. The fourth-order valence-corrected chi connectivity index (χ4v) is 1.94. The number of nitrogens with zero attached hydrogens (tertiary/aromatic N) is 3. The van der Waals surface area contributed by atoms with E-state index in [4.69, 9.17) is 16.7 Å². The molecule has 1 aromatic rings. The molecule has 1 aliphatic carbocycles. The molecule has 86 valence electrons. The first kappa shape index (κ1) is 10.5. The molecule has 0 bridgehead atoms. The Morgan fingerprint density at radius 1 is 1.44 bits per heavy atom. The minimum atomic E-state index is -0.851. The number of hydrogen-bond acceptors (Lipinski definition) is 5. The molecule has 0 radical (unpaired) electrons. The van der Waals surface area contributed by atoms with E-state index in [0.29, 0.717) is 18.7 Å². The molecule has 16 heavy (non-hydrogen) atoms. The van der Waals surface area contributed by atoms with Gasteiger partial charge in [-0.15, -0.1) is 10.2 Å². The summed E-state index contributed by atoms with van der Waals surface area (Å²) in [4.78, 5) is 11.1. The maximum absolute atomic E-state index is 11.1. The number of anilines is 1. The van der Waals surface area contributed by atoms with Crippen LogP contribution in [0.4, 0.5) is 5.95 Å². The summed E-state index contributed by atoms with van der Waals surface area (Å²) >= 11 is 0. The van der Waals surface area contributed by atoms with Crippen LogP contribution in [-0.4, -0.2) is 25.9 Å². The number of allylic oxidation sites excluding steroid dienone is 2. The number of carbonyl (C=O) groups is 1. The van der Waals surface area contributed by atoms with Gasteiger partial charge in [0, 0.05) is 5.92 Å². The molecule has 2 unspecified atom stereocenters. The van der Waals surface area contributed by atoms with Crippen molar-refractivity contribution in [1.29, 1.82) is 0 Å². The number of carboxylic acid groups (broad SMARTS) is 1. The molecule has 0 aromatic carbocycles. The number of nitrogen functional groups attached to an aromatic ring is 2. The van der Waals surface area contributed by atoms with Gasteiger partial charge in [0.2, 0.25) is 5.95 Å². The molecular formula is C9H13N5O2. The van der Waals surface area contributed by atoms with E-state index in [1.165, 1.54) is 0 Å². The SMILES string of the molecule is Nc1nnc(C2CC=CCC2C(=O)O)n1N. The summed E-state index contributed by atoms with van der Waals surface area (Å²) in [5.74, 6) is 4.53. The van der Waals surface area contributed by atoms with Gasteiger partial charge in [-0.3, -0.25) is 4.79 Å². The third-order valence-corrected chi connectivity index (χ3v) is 2.83. The Hall–Kier alpha value is -2.05. The minimum absolute atomic E-state index is 0.0914. The first-order valence-corrected chi connectivity index (χ1v) is 4.95. The van der Waals surface area contributed by atoms with Crippen LogP contribution in [0.2, 0.25) is 0 Å². The summed E-state index contributed by atoms with van der Waals surface area (Å²) in [5, 5.41) is 16.6. The first-order chi connectivity index (χ1) is 7.61. The van der Waals surface area contributed by atoms with Crippen molar-refractivity contribution in [1.82, 2.24) is 14.9 Å². The minimum Gasteiger partial charge on any atom is -0.481 e. The Morgan fingerprint density at radius 2 is 2.12 bits per heavy atom. The second-order valence-electron chi connectivity index (χ2n) is 3.78. The molecule has 1 aromatic heterocycles. The van der Waals surface area contributed by atoms with Gasteiger partial charge in [-0.25, -0.2) is 4.68 Å². The van der Waals surface area contributed by atoms with Crippen LogP contribution in [0.1, 0.15) is 24.6 Å². The highest BCUT2D eigenvalue weighted by Gasteiger charge is 2.33. The van der Waals surface area contributed by atoms with Crippen LogP contribution in [0.3, 0.4) is 0 Å². The third kappa shape index (κ3) is 1.60. The van der Waals surface area contributed by atoms with Crippen molar-refractivity contribution >= 4 is 11.9 Å². The zero-order valence-electron chi connectivity index (χ0n) is 8.58. The van der Waals surface area contributed by atoms with Gasteiger partial charge in [0.15, 0.2) is 5.82 Å². The Morgan fingerprint density at radius 3 is 2.69 bits per heavy atom. The second kappa shape index (κ2) is 3.84. The molecule has 2 rings (SSSR count). The van der Waals surface area contributed by atoms with E-state index in [1.807, 2.05) is 12.2 Å². The Bertz CT molecular complexity index is 439. The van der Waals surface area contributed by atoms with Gasteiger partial charge in [-0.2, -0.15) is 0 Å². The Kier molecular flexibility index (Phi) is 2.51. The van der Waals surface area contributed by atoms with Crippen LogP contribution in [0.5, 0.6) is 0 Å². The van der Waals surface area contributed by atoms with Crippen LogP contribution >= 0.6 is 0 Å². The second-order valence-corrected chi connectivity index (χ2v) is 3.78. The van der Waals surface area contributed by atoms with E-state index < -0.39 is 11.9 Å². The maximum atomic E-state index is 11.1. The van der Waals surface area contributed by atoms with Gasteiger partial charge in [0.1, 0.15) is 0 Å². The lowest BCUT2D eigenvalue weighted by molar-refractivity contribution is -0.142. The van der Waals surface area contributed by atoms with Crippen LogP contribution in [0.25, 0.3) is 0 Å². The van der Waals surface area contributed by atoms with Gasteiger partial charge in [-0.05, 0) is 12.8 Å². The van der Waals surface area contributed by atoms with Gasteiger partial charge < -0.3 is 16.7 Å². The normalized spacial score (nSPS) is 24.5. The lowest BCUT2D eigenvalue weighted by Crippen LogP contribution is -2.28. The number of hydrogen-bond donors (Lipinski definition) is 3. The third-order valence-electron chi connectivity index (χ3n) is 2.83. The van der Waals surface area contributed by atoms with E-state index in [1.54, 1.807) is 0 Å². The summed E-state index contributed by atoms with van der Waals surface area (Å²) in [6, 6.07) is 0. The average molecular weight is 223 g/mol. The molecule has 1 heterocycles. The number of nitrogens with two attached hydrogens (primary N) is 2. The van der Waals surface area contributed by atoms with Crippen molar-refractivity contribution in [3.8, 4) is 0 Å². The highest BCUT2D eigenvalue weighted by atomic mass is 16.4. The molecule has 5 N–H and O–H groups in total. The van der Waals surface area contributed by atoms with Crippen LogP contribution in [-0.2, 0) is 4.79 Å². The maximum Gasteiger partial charge on any atom is 0.307 e. The number of carboxylic acids is 1. The monoisotopic (exact) mass is 223 g/mol. The summed E-state index contributed by atoms with van der Waals surface area (Å²) < 4.78 is 1.15. The Labute approximate surface area is 91.7 Å². The van der Waals surface area contributed by atoms with Gasteiger partial charge in [0.25, 0.3) is 0 Å². The van der Waals surface area contributed by atoms with Crippen LogP contribution < -0.4 is 11.6 Å². The first-order valence-electron chi connectivity index (χ1n) is 4.95. The average Bonchev–Trinajstić information content (AvgIpc) is 2.60. The molecule has 0 aliphatic heterocycles. The molecule has 0 fully saturated rings. The summed E-state index contributed by atoms with van der Waals surface area (Å²) in [6.45, 7) is 0. The molecule has 0 spiro atoms. The van der Waals surface area contributed by atoms with Crippen LogP contribution in [0.15, 0.2) is 12.2 Å².